The predicted molar refractivity (Wildman–Crippen MR) is 110 cm³/mol. The number of ether oxygens (including phenoxy) is 1. The van der Waals surface area contributed by atoms with Crippen molar-refractivity contribution in [3.8, 4) is 5.75 Å². The molecule has 2 aromatic rings. The van der Waals surface area contributed by atoms with Crippen LogP contribution in [0.2, 0.25) is 0 Å². The first-order chi connectivity index (χ1) is 14.9. The van der Waals surface area contributed by atoms with E-state index in [-0.39, 0.29) is 43.1 Å². The third kappa shape index (κ3) is 7.38. The second-order valence-electron chi connectivity index (χ2n) is 6.51. The van der Waals surface area contributed by atoms with Crippen LogP contribution in [0.1, 0.15) is 29.8 Å². The number of carbonyl (C=O) groups excluding carboxylic acids is 1. The third-order valence-corrected chi connectivity index (χ3v) is 4.24. The van der Waals surface area contributed by atoms with E-state index in [1.807, 2.05) is 0 Å². The van der Waals surface area contributed by atoms with Gasteiger partial charge in [-0.3, -0.25) is 14.9 Å². The van der Waals surface area contributed by atoms with Gasteiger partial charge in [-0.2, -0.15) is 0 Å². The number of nitro groups is 1. The van der Waals surface area contributed by atoms with Gasteiger partial charge >= 0.3 is 0 Å². The highest BCUT2D eigenvalue weighted by Crippen LogP contribution is 2.33. The third-order valence-electron chi connectivity index (χ3n) is 4.24. The number of carbonyl (C=O) groups is 1. The van der Waals surface area contributed by atoms with Crippen LogP contribution in [0, 0.1) is 20.2 Å². The number of nitrogens with one attached hydrogen (secondary N) is 3. The largest absolute Gasteiger partial charge is 0.493 e. The van der Waals surface area contributed by atoms with Gasteiger partial charge in [0.2, 0.25) is 0 Å². The van der Waals surface area contributed by atoms with Gasteiger partial charge in [-0.25, -0.2) is 0 Å². The molecule has 0 aliphatic heterocycles. The fourth-order valence-corrected chi connectivity index (χ4v) is 2.80. The molecule has 13 heteroatoms. The van der Waals surface area contributed by atoms with Crippen LogP contribution in [0.5, 0.6) is 5.75 Å². The average molecular weight is 439 g/mol. The summed E-state index contributed by atoms with van der Waals surface area (Å²) in [5, 5.41) is 35.4. The lowest BCUT2D eigenvalue weighted by Gasteiger charge is -2.08. The Kier molecular flexibility index (Phi) is 9.45. The van der Waals surface area contributed by atoms with Crippen molar-refractivity contribution in [3.05, 3.63) is 44.1 Å². The second kappa shape index (κ2) is 12.3. The van der Waals surface area contributed by atoms with Gasteiger partial charge in [0.15, 0.2) is 0 Å². The molecule has 13 nitrogen and oxygen atoms in total. The number of hydrogen-bond donors (Lipinski definition) is 4. The van der Waals surface area contributed by atoms with E-state index in [2.05, 4.69) is 20.5 Å². The van der Waals surface area contributed by atoms with Gasteiger partial charge in [0.1, 0.15) is 17.0 Å². The number of amides is 1. The Balaban J connectivity index is 2.02. The van der Waals surface area contributed by atoms with Gasteiger partial charge in [-0.15, -0.1) is 10.1 Å². The molecule has 0 atom stereocenters. The van der Waals surface area contributed by atoms with Crippen molar-refractivity contribution in [2.24, 2.45) is 0 Å². The molecule has 0 unspecified atom stereocenters. The van der Waals surface area contributed by atoms with E-state index in [4.69, 9.17) is 9.84 Å². The summed E-state index contributed by atoms with van der Waals surface area (Å²) in [7, 11) is 0. The summed E-state index contributed by atoms with van der Waals surface area (Å²) in [5.74, 6) is -0.101. The number of non-ortho nitro benzene ring substituents is 1. The summed E-state index contributed by atoms with van der Waals surface area (Å²) >= 11 is 0. The second-order valence-corrected chi connectivity index (χ2v) is 6.51. The highest BCUT2D eigenvalue weighted by atomic mass is 16.9. The van der Waals surface area contributed by atoms with Crippen LogP contribution >= 0.6 is 0 Å². The summed E-state index contributed by atoms with van der Waals surface area (Å²) in [6, 6.07) is 4.27. The van der Waals surface area contributed by atoms with E-state index >= 15 is 0 Å². The highest BCUT2D eigenvalue weighted by molar-refractivity contribution is 6.02. The normalized spacial score (nSPS) is 10.7. The van der Waals surface area contributed by atoms with Crippen LogP contribution in [0.3, 0.4) is 0 Å². The number of rotatable bonds is 15. The van der Waals surface area contributed by atoms with Crippen LogP contribution in [0.25, 0.3) is 10.9 Å². The molecule has 0 saturated carbocycles. The molecule has 0 fully saturated rings. The number of nitro benzene ring substituents is 1. The lowest BCUT2D eigenvalue weighted by molar-refractivity contribution is -0.757. The predicted octanol–water partition coefficient (Wildman–Crippen LogP) is 1.15. The first-order valence-electron chi connectivity index (χ1n) is 9.74. The van der Waals surface area contributed by atoms with Gasteiger partial charge in [0, 0.05) is 24.6 Å². The number of H-pyrrole nitrogens is 1. The molecular formula is C18H25N5O8. The monoisotopic (exact) mass is 439 g/mol. The standard InChI is InChI=1S/C18H25N5O8/c24-9-1-6-19-7-2-10-30-16-5-4-15(22(26)27)17-13(16)12-14(21-17)18(25)20-8-3-11-31-23(28)29/h4-5,12,19,21,24H,1-3,6-11H2,(H,20,25). The van der Waals surface area contributed by atoms with Gasteiger partial charge in [0.05, 0.1) is 18.1 Å². The van der Waals surface area contributed by atoms with Crippen LogP contribution in [0.15, 0.2) is 18.2 Å². The van der Waals surface area contributed by atoms with E-state index < -0.39 is 15.9 Å². The topological polar surface area (TPSA) is 182 Å². The zero-order valence-corrected chi connectivity index (χ0v) is 16.8. The van der Waals surface area contributed by atoms with E-state index in [0.717, 1.165) is 0 Å². The van der Waals surface area contributed by atoms with Gasteiger partial charge in [-0.05, 0) is 44.5 Å². The Bertz CT molecular complexity index is 900. The molecule has 0 radical (unpaired) electrons. The first kappa shape index (κ1) is 23.8. The number of aliphatic hydroxyl groups is 1. The van der Waals surface area contributed by atoms with Crippen molar-refractivity contribution in [1.29, 1.82) is 0 Å². The summed E-state index contributed by atoms with van der Waals surface area (Å²) in [4.78, 5) is 40.1. The summed E-state index contributed by atoms with van der Waals surface area (Å²) in [5.41, 5.74) is 0.0897. The minimum atomic E-state index is -0.911. The Hall–Kier alpha value is -3.45. The Morgan fingerprint density at radius 2 is 1.84 bits per heavy atom. The highest BCUT2D eigenvalue weighted by Gasteiger charge is 2.20. The number of fused-ring (bicyclic) bond motifs is 1. The maximum Gasteiger partial charge on any atom is 0.294 e. The molecule has 1 heterocycles. The lowest BCUT2D eigenvalue weighted by atomic mass is 10.2. The van der Waals surface area contributed by atoms with Gasteiger partial charge in [0.25, 0.3) is 16.7 Å². The molecule has 1 aromatic heterocycles. The molecule has 4 N–H and O–H groups in total. The Morgan fingerprint density at radius 3 is 2.55 bits per heavy atom. The zero-order chi connectivity index (χ0) is 22.6. The molecule has 1 aromatic carbocycles. The molecule has 0 aliphatic rings. The number of aromatic nitrogens is 1. The summed E-state index contributed by atoms with van der Waals surface area (Å²) < 4.78 is 5.75. The molecule has 1 amide bonds. The quantitative estimate of drug-likeness (QED) is 0.180. The molecule has 0 saturated heterocycles. The average Bonchev–Trinajstić information content (AvgIpc) is 3.18. The van der Waals surface area contributed by atoms with E-state index in [1.165, 1.54) is 18.2 Å². The fourth-order valence-electron chi connectivity index (χ4n) is 2.80. The van der Waals surface area contributed by atoms with Crippen molar-refractivity contribution < 1.29 is 29.5 Å². The van der Waals surface area contributed by atoms with Crippen LogP contribution in [0.4, 0.5) is 5.69 Å². The maximum atomic E-state index is 12.3. The van der Waals surface area contributed by atoms with Crippen molar-refractivity contribution in [3.63, 3.8) is 0 Å². The fraction of sp³-hybridized carbons (Fsp3) is 0.500. The lowest BCUT2D eigenvalue weighted by Crippen LogP contribution is -2.25. The molecule has 170 valence electrons. The van der Waals surface area contributed by atoms with Crippen LogP contribution in [-0.4, -0.2) is 65.5 Å². The Morgan fingerprint density at radius 1 is 1.10 bits per heavy atom. The minimum Gasteiger partial charge on any atom is -0.493 e. The minimum absolute atomic E-state index is 0.106. The molecule has 0 bridgehead atoms. The van der Waals surface area contributed by atoms with E-state index in [0.29, 0.717) is 43.7 Å². The van der Waals surface area contributed by atoms with Crippen molar-refractivity contribution in [2.45, 2.75) is 19.3 Å². The number of benzene rings is 1. The zero-order valence-electron chi connectivity index (χ0n) is 16.8. The van der Waals surface area contributed by atoms with Gasteiger partial charge in [-0.1, -0.05) is 0 Å². The number of hydrogen-bond acceptors (Lipinski definition) is 9. The van der Waals surface area contributed by atoms with Crippen LogP contribution < -0.4 is 15.4 Å². The molecule has 0 aliphatic carbocycles. The summed E-state index contributed by atoms with van der Waals surface area (Å²) in [6.45, 7) is 1.86. The van der Waals surface area contributed by atoms with E-state index in [1.54, 1.807) is 0 Å². The molecule has 31 heavy (non-hydrogen) atoms. The van der Waals surface area contributed by atoms with E-state index in [9.17, 15) is 25.0 Å². The maximum absolute atomic E-state index is 12.3. The molecule has 0 spiro atoms. The SMILES string of the molecule is O=C(NCCCO[N+](=O)[O-])c1cc2c(OCCCNCCCO)ccc([N+](=O)[O-])c2[nH]1. The Labute approximate surface area is 177 Å². The van der Waals surface area contributed by atoms with Crippen molar-refractivity contribution in [2.75, 3.05) is 39.5 Å². The number of aliphatic hydroxyl groups excluding tert-OH is 1. The van der Waals surface area contributed by atoms with Crippen molar-refractivity contribution in [1.82, 2.24) is 15.6 Å². The van der Waals surface area contributed by atoms with Crippen molar-refractivity contribution >= 4 is 22.5 Å². The molecule has 2 rings (SSSR count). The molecular weight excluding hydrogens is 414 g/mol. The van der Waals surface area contributed by atoms with Gasteiger partial charge < -0.3 is 30.3 Å². The smallest absolute Gasteiger partial charge is 0.294 e. The van der Waals surface area contributed by atoms with Crippen LogP contribution in [-0.2, 0) is 4.84 Å². The number of aromatic amines is 1. The number of nitrogens with zero attached hydrogens (tertiary/aromatic N) is 2. The first-order valence-corrected chi connectivity index (χ1v) is 9.74. The summed E-state index contributed by atoms with van der Waals surface area (Å²) in [6.07, 6.45) is 1.59.